The van der Waals surface area contributed by atoms with Gasteiger partial charge in [0.1, 0.15) is 0 Å². The van der Waals surface area contributed by atoms with Gasteiger partial charge in [-0.2, -0.15) is 0 Å². The van der Waals surface area contributed by atoms with E-state index in [9.17, 15) is 4.79 Å². The Morgan fingerprint density at radius 1 is 1.55 bits per heavy atom. The van der Waals surface area contributed by atoms with E-state index in [2.05, 4.69) is 0 Å². The number of carbonyl (C=O) groups is 1. The molecule has 0 aromatic carbocycles. The molecule has 11 heavy (non-hydrogen) atoms. The molecule has 1 unspecified atom stereocenters. The van der Waals surface area contributed by atoms with Gasteiger partial charge in [-0.05, 0) is 20.3 Å². The second kappa shape index (κ2) is 6.83. The van der Waals surface area contributed by atoms with Crippen molar-refractivity contribution in [3.05, 3.63) is 0 Å². The van der Waals surface area contributed by atoms with Crippen LogP contribution in [0.4, 0.5) is 0 Å². The smallest absolute Gasteiger partial charge is 0.332 e. The van der Waals surface area contributed by atoms with E-state index in [4.69, 9.17) is 9.84 Å². The third-order valence-electron chi connectivity index (χ3n) is 1.08. The zero-order valence-corrected chi connectivity index (χ0v) is 8.69. The summed E-state index contributed by atoms with van der Waals surface area (Å²) in [6.07, 6.45) is -0.130. The zero-order valence-electron chi connectivity index (χ0n) is 7.13. The molecule has 0 saturated carbocycles. The van der Waals surface area contributed by atoms with Crippen molar-refractivity contribution in [2.24, 2.45) is 0 Å². The summed E-state index contributed by atoms with van der Waals surface area (Å²) < 4.78 is 5.06. The summed E-state index contributed by atoms with van der Waals surface area (Å²) in [4.78, 5) is 10.3. The average Bonchev–Trinajstić information content (AvgIpc) is 1.81. The summed E-state index contributed by atoms with van der Waals surface area (Å²) >= 11 is 0. The van der Waals surface area contributed by atoms with Crippen LogP contribution in [-0.4, -0.2) is 23.3 Å². The van der Waals surface area contributed by atoms with E-state index in [1.165, 1.54) is 0 Å². The van der Waals surface area contributed by atoms with Crippen molar-refractivity contribution in [2.45, 2.75) is 39.4 Å². The first-order chi connectivity index (χ1) is 4.57. The first kappa shape index (κ1) is 13.7. The van der Waals surface area contributed by atoms with Gasteiger partial charge in [0, 0.05) is 21.7 Å². The van der Waals surface area contributed by atoms with Gasteiger partial charge in [-0.15, -0.1) is 0 Å². The maximum Gasteiger partial charge on any atom is 0.332 e. The molecule has 0 aliphatic rings. The summed E-state index contributed by atoms with van der Waals surface area (Å²) in [7, 11) is 0. The third-order valence-corrected chi connectivity index (χ3v) is 1.08. The number of hydrogen-bond donors (Lipinski definition) is 1. The van der Waals surface area contributed by atoms with Crippen molar-refractivity contribution in [1.29, 1.82) is 0 Å². The topological polar surface area (TPSA) is 46.5 Å². The molecule has 0 heterocycles. The predicted molar refractivity (Wildman–Crippen MR) is 37.9 cm³/mol. The van der Waals surface area contributed by atoms with E-state index in [-0.39, 0.29) is 27.8 Å². The number of aliphatic carboxylic acids is 1. The van der Waals surface area contributed by atoms with Crippen LogP contribution in [0, 0.1) is 0 Å². The minimum atomic E-state index is -0.879. The van der Waals surface area contributed by atoms with Crippen molar-refractivity contribution >= 4 is 5.97 Å². The van der Waals surface area contributed by atoms with Crippen LogP contribution >= 0.6 is 0 Å². The van der Waals surface area contributed by atoms with Gasteiger partial charge >= 0.3 is 5.97 Å². The number of carboxylic acids is 1. The van der Waals surface area contributed by atoms with Crippen LogP contribution in [0.25, 0.3) is 0 Å². The van der Waals surface area contributed by atoms with E-state index < -0.39 is 12.1 Å². The summed E-state index contributed by atoms with van der Waals surface area (Å²) in [5, 5.41) is 8.50. The molecule has 0 radical (unpaired) electrons. The molecule has 3 nitrogen and oxygen atoms in total. The van der Waals surface area contributed by atoms with E-state index in [0.29, 0.717) is 6.42 Å². The summed E-state index contributed by atoms with van der Waals surface area (Å²) in [6, 6.07) is 0. The Labute approximate surface area is 82.0 Å². The Morgan fingerprint density at radius 3 is 2.09 bits per heavy atom. The summed E-state index contributed by atoms with van der Waals surface area (Å²) in [5.74, 6) is -0.879. The van der Waals surface area contributed by atoms with E-state index >= 15 is 0 Å². The van der Waals surface area contributed by atoms with Crippen molar-refractivity contribution in [3.8, 4) is 0 Å². The number of ether oxygens (including phenoxy) is 1. The molecule has 1 N–H and O–H groups in total. The van der Waals surface area contributed by atoms with Crippen LogP contribution in [0.15, 0.2) is 0 Å². The molecule has 0 aromatic heterocycles. The molecule has 4 heteroatoms. The quantitative estimate of drug-likeness (QED) is 0.685. The molecule has 0 aliphatic carbocycles. The molecule has 0 fully saturated rings. The van der Waals surface area contributed by atoms with E-state index in [0.717, 1.165) is 0 Å². The molecule has 0 bridgehead atoms. The minimum Gasteiger partial charge on any atom is -0.479 e. The Bertz CT molecular complexity index is 114. The van der Waals surface area contributed by atoms with Crippen LogP contribution in [0.5, 0.6) is 0 Å². The van der Waals surface area contributed by atoms with Crippen LogP contribution in [0.3, 0.4) is 0 Å². The Hall–Kier alpha value is 0.144. The molecule has 0 aliphatic heterocycles. The van der Waals surface area contributed by atoms with Crippen LogP contribution in [0.2, 0.25) is 0 Å². The molecule has 0 spiro atoms. The van der Waals surface area contributed by atoms with Gasteiger partial charge in [0.25, 0.3) is 0 Å². The fourth-order valence-electron chi connectivity index (χ4n) is 0.658. The van der Waals surface area contributed by atoms with Gasteiger partial charge in [-0.1, -0.05) is 6.92 Å². The maximum absolute atomic E-state index is 10.3. The Kier molecular flexibility index (Phi) is 8.52. The molecular weight excluding hydrogens is 180 g/mol. The average molecular weight is 194 g/mol. The number of hydrogen-bond acceptors (Lipinski definition) is 2. The van der Waals surface area contributed by atoms with Crippen molar-refractivity contribution in [2.75, 3.05) is 0 Å². The molecular formula is C7H14O3Ti. The molecule has 1 atom stereocenters. The normalized spacial score (nSPS) is 12.4. The first-order valence-electron chi connectivity index (χ1n) is 3.46. The van der Waals surface area contributed by atoms with E-state index in [1.807, 2.05) is 13.8 Å². The summed E-state index contributed by atoms with van der Waals surface area (Å²) in [6.45, 7) is 5.44. The fourth-order valence-corrected chi connectivity index (χ4v) is 0.658. The monoisotopic (exact) mass is 194 g/mol. The standard InChI is InChI=1S/C7H14O3.Ti/c1-4-6(7(8)9)10-5(2)3;/h5-6H,4H2,1-3H3,(H,8,9);. The maximum atomic E-state index is 10.3. The third kappa shape index (κ3) is 6.54. The van der Waals surface area contributed by atoms with Gasteiger partial charge < -0.3 is 9.84 Å². The number of carboxylic acid groups (broad SMARTS) is 1. The van der Waals surface area contributed by atoms with Gasteiger partial charge in [0.2, 0.25) is 0 Å². The second-order valence-electron chi connectivity index (χ2n) is 2.42. The van der Waals surface area contributed by atoms with Crippen molar-refractivity contribution < 1.29 is 36.4 Å². The Morgan fingerprint density at radius 2 is 2.00 bits per heavy atom. The largest absolute Gasteiger partial charge is 0.479 e. The van der Waals surface area contributed by atoms with Gasteiger partial charge in [0.15, 0.2) is 6.10 Å². The predicted octanol–water partition coefficient (Wildman–Crippen LogP) is 1.27. The molecule has 0 amide bonds. The molecule has 0 rings (SSSR count). The second-order valence-corrected chi connectivity index (χ2v) is 2.42. The van der Waals surface area contributed by atoms with Crippen molar-refractivity contribution in [3.63, 3.8) is 0 Å². The van der Waals surface area contributed by atoms with Gasteiger partial charge in [-0.3, -0.25) is 0 Å². The van der Waals surface area contributed by atoms with E-state index in [1.54, 1.807) is 6.92 Å². The minimum absolute atomic E-state index is 0. The first-order valence-corrected chi connectivity index (χ1v) is 3.46. The van der Waals surface area contributed by atoms with Gasteiger partial charge in [0.05, 0.1) is 6.10 Å². The zero-order chi connectivity index (χ0) is 8.15. The molecule has 64 valence electrons. The number of rotatable bonds is 4. The van der Waals surface area contributed by atoms with Crippen LogP contribution in [-0.2, 0) is 31.2 Å². The molecule has 0 saturated heterocycles. The summed E-state index contributed by atoms with van der Waals surface area (Å²) in [5.41, 5.74) is 0. The molecule has 0 aromatic rings. The SMILES string of the molecule is CCC(OC(C)C)C(=O)O.[Ti]. The van der Waals surface area contributed by atoms with Crippen molar-refractivity contribution in [1.82, 2.24) is 0 Å². The van der Waals surface area contributed by atoms with Crippen LogP contribution in [0.1, 0.15) is 27.2 Å². The fraction of sp³-hybridized carbons (Fsp3) is 0.857. The van der Waals surface area contributed by atoms with Crippen LogP contribution < -0.4 is 0 Å². The Balaban J connectivity index is 0. The van der Waals surface area contributed by atoms with Gasteiger partial charge in [-0.25, -0.2) is 4.79 Å².